The van der Waals surface area contributed by atoms with Crippen molar-refractivity contribution in [1.29, 1.82) is 0 Å². The van der Waals surface area contributed by atoms with Crippen LogP contribution in [0.2, 0.25) is 0 Å². The molecule has 1 atom stereocenters. The lowest BCUT2D eigenvalue weighted by molar-refractivity contribution is -0.152. The minimum Gasteiger partial charge on any atom is -0.459 e. The number of hydrogen-bond acceptors (Lipinski definition) is 4. The summed E-state index contributed by atoms with van der Waals surface area (Å²) in [6.45, 7) is 5.03. The number of nitrogens with one attached hydrogen (secondary N) is 2. The Morgan fingerprint density at radius 3 is 2.14 bits per heavy atom. The molecule has 3 aromatic rings. The molecule has 2 aromatic carbocycles. The summed E-state index contributed by atoms with van der Waals surface area (Å²) in [5.41, 5.74) is -3.00. The first-order valence-corrected chi connectivity index (χ1v) is 10.9. The molecule has 1 unspecified atom stereocenters. The molecule has 0 fully saturated rings. The van der Waals surface area contributed by atoms with E-state index in [9.17, 15) is 35.9 Å². The molecule has 0 bridgehead atoms. The Morgan fingerprint density at radius 1 is 1.00 bits per heavy atom. The van der Waals surface area contributed by atoms with E-state index in [0.717, 1.165) is 12.0 Å². The van der Waals surface area contributed by atoms with E-state index in [0.29, 0.717) is 10.9 Å². The molecule has 1 heterocycles. The Kier molecular flexibility index (Phi) is 7.56. The Bertz CT molecular complexity index is 1240. The maximum absolute atomic E-state index is 13.9. The van der Waals surface area contributed by atoms with E-state index in [1.54, 1.807) is 11.5 Å². The van der Waals surface area contributed by atoms with Crippen LogP contribution in [0.3, 0.4) is 0 Å². The van der Waals surface area contributed by atoms with Crippen LogP contribution >= 0.6 is 0 Å². The summed E-state index contributed by atoms with van der Waals surface area (Å²) < 4.78 is 92.9. The van der Waals surface area contributed by atoms with E-state index in [1.165, 1.54) is 25.1 Å². The number of hydrogen-bond donors (Lipinski definition) is 2. The molecule has 0 radical (unpaired) electrons. The average Bonchev–Trinajstić information content (AvgIpc) is 3.21. The lowest BCUT2D eigenvalue weighted by Gasteiger charge is -2.21. The van der Waals surface area contributed by atoms with E-state index in [4.69, 9.17) is 4.74 Å². The molecular formula is C24H22F6N2O4. The Balaban J connectivity index is 2.13. The van der Waals surface area contributed by atoms with Crippen molar-refractivity contribution in [2.45, 2.75) is 45.5 Å². The molecule has 0 saturated carbocycles. The minimum atomic E-state index is -5.29. The third-order valence-corrected chi connectivity index (χ3v) is 5.47. The monoisotopic (exact) mass is 516 g/mol. The lowest BCUT2D eigenvalue weighted by atomic mass is 9.98. The normalized spacial score (nSPS) is 12.9. The Labute approximate surface area is 201 Å². The number of alkyl halides is 6. The van der Waals surface area contributed by atoms with Gasteiger partial charge >= 0.3 is 24.2 Å². The molecule has 194 valence electrons. The fourth-order valence-electron chi connectivity index (χ4n) is 3.54. The van der Waals surface area contributed by atoms with Crippen LogP contribution in [-0.4, -0.2) is 23.5 Å². The van der Waals surface area contributed by atoms with E-state index >= 15 is 0 Å². The highest BCUT2D eigenvalue weighted by atomic mass is 19.4. The second-order valence-electron chi connectivity index (χ2n) is 7.93. The van der Waals surface area contributed by atoms with Crippen molar-refractivity contribution in [3.8, 4) is 11.5 Å². The predicted octanol–water partition coefficient (Wildman–Crippen LogP) is 7.01. The highest BCUT2D eigenvalue weighted by Crippen LogP contribution is 2.47. The number of rotatable bonds is 6. The number of benzene rings is 2. The molecule has 36 heavy (non-hydrogen) atoms. The summed E-state index contributed by atoms with van der Waals surface area (Å²) in [6.07, 6.45) is -8.10. The molecular weight excluding hydrogens is 494 g/mol. The topological polar surface area (TPSA) is 80.4 Å². The summed E-state index contributed by atoms with van der Waals surface area (Å²) in [6, 6.07) is 4.63. The molecule has 3 rings (SSSR count). The van der Waals surface area contributed by atoms with Crippen LogP contribution in [0.5, 0.6) is 11.5 Å². The Morgan fingerprint density at radius 2 is 1.61 bits per heavy atom. The number of fused-ring (bicyclic) bond motifs is 1. The van der Waals surface area contributed by atoms with Gasteiger partial charge in [0.15, 0.2) is 5.75 Å². The summed E-state index contributed by atoms with van der Waals surface area (Å²) in [5.74, 6) is -4.64. The first-order valence-electron chi connectivity index (χ1n) is 10.9. The van der Waals surface area contributed by atoms with Gasteiger partial charge in [0.2, 0.25) is 0 Å². The van der Waals surface area contributed by atoms with Crippen LogP contribution in [-0.2, 0) is 26.7 Å². The second-order valence-corrected chi connectivity index (χ2v) is 7.93. The van der Waals surface area contributed by atoms with Gasteiger partial charge in [0, 0.05) is 22.8 Å². The van der Waals surface area contributed by atoms with Gasteiger partial charge in [-0.3, -0.25) is 4.79 Å². The number of carbonyl (C=O) groups excluding carboxylic acids is 2. The highest BCUT2D eigenvalue weighted by molar-refractivity contribution is 6.37. The van der Waals surface area contributed by atoms with Crippen LogP contribution in [0.4, 0.5) is 32.0 Å². The number of amides is 1. The second kappa shape index (κ2) is 10.1. The van der Waals surface area contributed by atoms with Crippen LogP contribution in [0.25, 0.3) is 10.9 Å². The van der Waals surface area contributed by atoms with Crippen molar-refractivity contribution in [3.63, 3.8) is 0 Å². The van der Waals surface area contributed by atoms with Gasteiger partial charge in [-0.1, -0.05) is 13.8 Å². The summed E-state index contributed by atoms with van der Waals surface area (Å²) in [5, 5.41) is 2.32. The van der Waals surface area contributed by atoms with Gasteiger partial charge in [-0.05, 0) is 55.2 Å². The van der Waals surface area contributed by atoms with Crippen molar-refractivity contribution in [1.82, 2.24) is 4.98 Å². The van der Waals surface area contributed by atoms with Crippen molar-refractivity contribution >= 4 is 28.5 Å². The quantitative estimate of drug-likeness (QED) is 0.210. The van der Waals surface area contributed by atoms with Gasteiger partial charge in [0.1, 0.15) is 16.9 Å². The molecule has 0 spiro atoms. The van der Waals surface area contributed by atoms with Gasteiger partial charge in [0.25, 0.3) is 0 Å². The summed E-state index contributed by atoms with van der Waals surface area (Å²) >= 11 is 0. The van der Waals surface area contributed by atoms with Crippen molar-refractivity contribution < 1.29 is 45.4 Å². The smallest absolute Gasteiger partial charge is 0.420 e. The molecule has 1 amide bonds. The van der Waals surface area contributed by atoms with Crippen LogP contribution in [0.15, 0.2) is 36.5 Å². The van der Waals surface area contributed by atoms with E-state index in [-0.39, 0.29) is 30.4 Å². The van der Waals surface area contributed by atoms with Gasteiger partial charge < -0.3 is 19.8 Å². The minimum absolute atomic E-state index is 0.0766. The maximum atomic E-state index is 13.9. The first-order chi connectivity index (χ1) is 16.8. The largest absolute Gasteiger partial charge is 0.459 e. The number of carbonyl (C=O) groups is 2. The third-order valence-electron chi connectivity index (χ3n) is 5.47. The van der Waals surface area contributed by atoms with Gasteiger partial charge in [0.05, 0.1) is 6.61 Å². The van der Waals surface area contributed by atoms with Crippen LogP contribution < -0.4 is 10.1 Å². The molecule has 12 heteroatoms. The molecule has 0 aliphatic heterocycles. The van der Waals surface area contributed by atoms with E-state index in [2.05, 4.69) is 9.72 Å². The Hall–Kier alpha value is -3.70. The highest BCUT2D eigenvalue weighted by Gasteiger charge is 2.43. The fraction of sp³-hybridized carbons (Fsp3) is 0.333. The molecule has 6 nitrogen and oxygen atoms in total. The van der Waals surface area contributed by atoms with Crippen molar-refractivity contribution in [2.75, 3.05) is 11.9 Å². The molecule has 0 aliphatic carbocycles. The summed E-state index contributed by atoms with van der Waals surface area (Å²) in [7, 11) is 0. The molecule has 0 aliphatic rings. The average molecular weight is 516 g/mol. The van der Waals surface area contributed by atoms with E-state index < -0.39 is 46.8 Å². The van der Waals surface area contributed by atoms with Gasteiger partial charge in [-0.25, -0.2) is 4.79 Å². The third kappa shape index (κ3) is 5.74. The standard InChI is InChI=1S/C24H22F6N2O4/c1-4-12(3)16-11-31-19-7-6-14(10-15(16)19)36-20-17(23(25,26)27)8-13(9-18(20)24(28,29)30)32-21(33)22(34)35-5-2/h6-12,31H,4-5H2,1-3H3,(H,32,33). The number of H-pyrrole nitrogens is 1. The zero-order chi connectivity index (χ0) is 26.8. The van der Waals surface area contributed by atoms with Crippen LogP contribution in [0, 0.1) is 0 Å². The number of halogens is 6. The number of esters is 1. The zero-order valence-corrected chi connectivity index (χ0v) is 19.4. The molecule has 1 aromatic heterocycles. The summed E-state index contributed by atoms with van der Waals surface area (Å²) in [4.78, 5) is 26.3. The van der Waals surface area contributed by atoms with E-state index in [1.807, 2.05) is 13.8 Å². The van der Waals surface area contributed by atoms with Gasteiger partial charge in [-0.2, -0.15) is 26.3 Å². The lowest BCUT2D eigenvalue weighted by Crippen LogP contribution is -2.25. The molecule has 2 N–H and O–H groups in total. The van der Waals surface area contributed by atoms with Gasteiger partial charge in [-0.15, -0.1) is 0 Å². The predicted molar refractivity (Wildman–Crippen MR) is 119 cm³/mol. The van der Waals surface area contributed by atoms with Crippen molar-refractivity contribution in [3.05, 3.63) is 53.2 Å². The SMILES string of the molecule is CCOC(=O)C(=O)Nc1cc(C(F)(F)F)c(Oc2ccc3[nH]cc(C(C)CC)c3c2)c(C(F)(F)F)c1. The van der Waals surface area contributed by atoms with Crippen molar-refractivity contribution in [2.24, 2.45) is 0 Å². The number of anilines is 1. The molecule has 0 saturated heterocycles. The fourth-order valence-corrected chi connectivity index (χ4v) is 3.54. The number of aromatic nitrogens is 1. The van der Waals surface area contributed by atoms with Crippen LogP contribution in [0.1, 0.15) is 49.8 Å². The first kappa shape index (κ1) is 26.9. The number of ether oxygens (including phenoxy) is 2. The zero-order valence-electron chi connectivity index (χ0n) is 19.4. The number of aromatic amines is 1. The maximum Gasteiger partial charge on any atom is 0.420 e.